The maximum atomic E-state index is 12.3. The monoisotopic (exact) mass is 293 g/mol. The highest BCUT2D eigenvalue weighted by atomic mass is 16.2. The van der Waals surface area contributed by atoms with E-state index in [1.165, 1.54) is 11.1 Å². The van der Waals surface area contributed by atoms with Crippen molar-refractivity contribution in [3.8, 4) is 0 Å². The minimum absolute atomic E-state index is 0.0900. The Kier molecular flexibility index (Phi) is 3.36. The maximum Gasteiger partial charge on any atom is 0.224 e. The third-order valence-electron chi connectivity index (χ3n) is 4.86. The highest BCUT2D eigenvalue weighted by Gasteiger charge is 2.46. The van der Waals surface area contributed by atoms with Crippen molar-refractivity contribution < 1.29 is 4.79 Å². The minimum atomic E-state index is -0.217. The summed E-state index contributed by atoms with van der Waals surface area (Å²) in [6.07, 6.45) is 0.903. The second-order valence-corrected chi connectivity index (χ2v) is 7.06. The molecular weight excluding hydrogens is 270 g/mol. The normalized spacial score (nSPS) is 23.0. The number of carbonyl (C=O) groups is 1. The van der Waals surface area contributed by atoms with Gasteiger partial charge in [-0.15, -0.1) is 0 Å². The molecular formula is C20H23NO. The van der Waals surface area contributed by atoms with E-state index in [9.17, 15) is 4.79 Å². The van der Waals surface area contributed by atoms with Crippen LogP contribution in [0.5, 0.6) is 0 Å². The number of nitrogens with zero attached hydrogens (tertiary/aromatic N) is 1. The van der Waals surface area contributed by atoms with Gasteiger partial charge < -0.3 is 4.90 Å². The number of amides is 1. The Morgan fingerprint density at radius 2 is 1.55 bits per heavy atom. The number of hydrogen-bond acceptors (Lipinski definition) is 1. The van der Waals surface area contributed by atoms with Crippen LogP contribution >= 0.6 is 0 Å². The van der Waals surface area contributed by atoms with E-state index in [1.807, 2.05) is 11.0 Å². The van der Waals surface area contributed by atoms with E-state index in [4.69, 9.17) is 0 Å². The highest BCUT2D eigenvalue weighted by molar-refractivity contribution is 5.95. The second-order valence-electron chi connectivity index (χ2n) is 7.06. The van der Waals surface area contributed by atoms with E-state index in [-0.39, 0.29) is 16.9 Å². The highest BCUT2D eigenvalue weighted by Crippen LogP contribution is 2.50. The molecule has 1 aliphatic rings. The van der Waals surface area contributed by atoms with E-state index in [0.717, 1.165) is 12.1 Å². The van der Waals surface area contributed by atoms with Crippen LogP contribution in [0, 0.1) is 0 Å². The fourth-order valence-corrected chi connectivity index (χ4v) is 4.16. The molecule has 2 heteroatoms. The molecule has 114 valence electrons. The lowest BCUT2D eigenvalue weighted by Gasteiger charge is -2.51. The van der Waals surface area contributed by atoms with Crippen molar-refractivity contribution in [2.75, 3.05) is 4.90 Å². The molecule has 1 atom stereocenters. The van der Waals surface area contributed by atoms with Crippen LogP contribution in [0.25, 0.3) is 0 Å². The Morgan fingerprint density at radius 3 is 2.18 bits per heavy atom. The van der Waals surface area contributed by atoms with Gasteiger partial charge in [-0.05, 0) is 37.5 Å². The second kappa shape index (κ2) is 4.98. The van der Waals surface area contributed by atoms with E-state index >= 15 is 0 Å². The predicted octanol–water partition coefficient (Wildman–Crippen LogP) is 4.53. The van der Waals surface area contributed by atoms with Gasteiger partial charge in [0.05, 0.1) is 0 Å². The number of carbonyl (C=O) groups excluding carboxylic acids is 1. The van der Waals surface area contributed by atoms with Crippen molar-refractivity contribution in [3.63, 3.8) is 0 Å². The third kappa shape index (κ3) is 2.14. The van der Waals surface area contributed by atoms with Gasteiger partial charge in [0, 0.05) is 23.6 Å². The van der Waals surface area contributed by atoms with Crippen LogP contribution in [-0.2, 0) is 10.2 Å². The van der Waals surface area contributed by atoms with Crippen molar-refractivity contribution in [2.45, 2.75) is 45.1 Å². The topological polar surface area (TPSA) is 20.3 Å². The Bertz CT molecular complexity index is 705. The van der Waals surface area contributed by atoms with Gasteiger partial charge in [0.1, 0.15) is 0 Å². The zero-order valence-electron chi connectivity index (χ0n) is 13.8. The van der Waals surface area contributed by atoms with Crippen LogP contribution < -0.4 is 4.90 Å². The summed E-state index contributed by atoms with van der Waals surface area (Å²) < 4.78 is 0. The molecule has 0 N–H and O–H groups in total. The quantitative estimate of drug-likeness (QED) is 0.756. The zero-order valence-corrected chi connectivity index (χ0v) is 13.8. The summed E-state index contributed by atoms with van der Waals surface area (Å²) in [6.45, 7) is 8.27. The minimum Gasteiger partial charge on any atom is -0.307 e. The Hall–Kier alpha value is -2.09. The number of benzene rings is 2. The Balaban J connectivity index is 2.27. The number of para-hydroxylation sites is 1. The molecule has 1 amide bonds. The lowest BCUT2D eigenvalue weighted by atomic mass is 9.65. The molecule has 2 nitrogen and oxygen atoms in total. The lowest BCUT2D eigenvalue weighted by molar-refractivity contribution is -0.117. The average Bonchev–Trinajstić information content (AvgIpc) is 2.47. The molecule has 22 heavy (non-hydrogen) atoms. The molecule has 1 aliphatic heterocycles. The fourth-order valence-electron chi connectivity index (χ4n) is 4.16. The molecule has 2 aromatic rings. The van der Waals surface area contributed by atoms with Crippen molar-refractivity contribution in [1.29, 1.82) is 0 Å². The number of hydrogen-bond donors (Lipinski definition) is 0. The van der Waals surface area contributed by atoms with Gasteiger partial charge in [0.25, 0.3) is 0 Å². The molecule has 0 bridgehead atoms. The summed E-state index contributed by atoms with van der Waals surface area (Å²) in [7, 11) is 0. The van der Waals surface area contributed by atoms with Crippen LogP contribution in [0.3, 0.4) is 0 Å². The fraction of sp³-hybridized carbons (Fsp3) is 0.350. The van der Waals surface area contributed by atoms with Gasteiger partial charge in [-0.25, -0.2) is 0 Å². The zero-order chi connectivity index (χ0) is 16.0. The van der Waals surface area contributed by atoms with Crippen LogP contribution in [-0.4, -0.2) is 11.4 Å². The molecule has 0 unspecified atom stereocenters. The van der Waals surface area contributed by atoms with Crippen molar-refractivity contribution in [2.24, 2.45) is 0 Å². The molecule has 0 radical (unpaired) electrons. The maximum absolute atomic E-state index is 12.3. The summed E-state index contributed by atoms with van der Waals surface area (Å²) in [6, 6.07) is 18.9. The number of anilines is 1. The Labute approximate surface area is 132 Å². The van der Waals surface area contributed by atoms with Crippen LogP contribution in [0.2, 0.25) is 0 Å². The molecule has 0 aromatic heterocycles. The smallest absolute Gasteiger partial charge is 0.224 e. The summed E-state index contributed by atoms with van der Waals surface area (Å²) in [4.78, 5) is 14.2. The lowest BCUT2D eigenvalue weighted by Crippen LogP contribution is -2.55. The third-order valence-corrected chi connectivity index (χ3v) is 4.86. The van der Waals surface area contributed by atoms with E-state index < -0.39 is 0 Å². The van der Waals surface area contributed by atoms with Gasteiger partial charge >= 0.3 is 0 Å². The summed E-state index contributed by atoms with van der Waals surface area (Å²) in [5.74, 6) is 0.104. The molecule has 1 heterocycles. The number of rotatable bonds is 1. The first-order valence-electron chi connectivity index (χ1n) is 7.82. The predicted molar refractivity (Wildman–Crippen MR) is 91.2 cm³/mol. The Morgan fingerprint density at radius 1 is 0.955 bits per heavy atom. The van der Waals surface area contributed by atoms with E-state index in [2.05, 4.69) is 69.3 Å². The van der Waals surface area contributed by atoms with E-state index in [0.29, 0.717) is 0 Å². The molecule has 0 aliphatic carbocycles. The molecule has 0 saturated heterocycles. The largest absolute Gasteiger partial charge is 0.307 e. The first-order chi connectivity index (χ1) is 10.4. The van der Waals surface area contributed by atoms with Crippen LogP contribution in [0.4, 0.5) is 5.69 Å². The van der Waals surface area contributed by atoms with E-state index in [1.54, 1.807) is 6.92 Å². The van der Waals surface area contributed by atoms with Gasteiger partial charge in [-0.1, -0.05) is 55.5 Å². The molecule has 2 aromatic carbocycles. The van der Waals surface area contributed by atoms with Crippen LogP contribution in [0.15, 0.2) is 54.6 Å². The molecule has 3 rings (SSSR count). The summed E-state index contributed by atoms with van der Waals surface area (Å²) in [5.41, 5.74) is 3.27. The first kappa shape index (κ1) is 14.8. The average molecular weight is 293 g/mol. The van der Waals surface area contributed by atoms with Gasteiger partial charge in [0.15, 0.2) is 0 Å². The standard InChI is InChI=1S/C20H23NO/c1-15(22)21-18-13-9-8-12-17(18)20(4,14-19(21,2)3)16-10-6-5-7-11-16/h5-13H,14H2,1-4H3/t20-/m0/s1. The van der Waals surface area contributed by atoms with Gasteiger partial charge in [-0.2, -0.15) is 0 Å². The van der Waals surface area contributed by atoms with Crippen molar-refractivity contribution in [1.82, 2.24) is 0 Å². The first-order valence-corrected chi connectivity index (χ1v) is 7.82. The van der Waals surface area contributed by atoms with Gasteiger partial charge in [-0.3, -0.25) is 4.79 Å². The van der Waals surface area contributed by atoms with Crippen molar-refractivity contribution >= 4 is 11.6 Å². The summed E-state index contributed by atoms with van der Waals surface area (Å²) in [5, 5.41) is 0. The molecule has 0 spiro atoms. The molecule has 0 fully saturated rings. The SMILES string of the molecule is CC(=O)N1c2ccccc2[C@](C)(c2ccccc2)CC1(C)C. The number of fused-ring (bicyclic) bond motifs is 1. The van der Waals surface area contributed by atoms with Gasteiger partial charge in [0.2, 0.25) is 5.91 Å². The summed E-state index contributed by atoms with van der Waals surface area (Å²) >= 11 is 0. The van der Waals surface area contributed by atoms with Crippen LogP contribution in [0.1, 0.15) is 45.2 Å². The molecule has 0 saturated carbocycles. The van der Waals surface area contributed by atoms with Crippen molar-refractivity contribution in [3.05, 3.63) is 65.7 Å².